The number of methoxy groups -OCH3 is 1. The number of rotatable bonds is 8. The summed E-state index contributed by atoms with van der Waals surface area (Å²) in [5.41, 5.74) is 0. The van der Waals surface area contributed by atoms with Gasteiger partial charge in [-0.3, -0.25) is 0 Å². The Morgan fingerprint density at radius 1 is 1.07 bits per heavy atom. The highest BCUT2D eigenvalue weighted by Gasteiger charge is 2.45. The largest absolute Gasteiger partial charge is 0.680 e. The lowest BCUT2D eigenvalue weighted by Gasteiger charge is -2.28. The molecule has 0 aliphatic heterocycles. The van der Waals surface area contributed by atoms with Gasteiger partial charge in [0.15, 0.2) is 6.29 Å². The maximum Gasteiger partial charge on any atom is 0.680 e. The van der Waals surface area contributed by atoms with Gasteiger partial charge in [-0.25, -0.2) is 0 Å². The van der Waals surface area contributed by atoms with E-state index in [-0.39, 0.29) is 5.25 Å². The molecule has 0 saturated carbocycles. The van der Waals surface area contributed by atoms with Gasteiger partial charge in [-0.15, -0.1) is 0 Å². The third-order valence-corrected chi connectivity index (χ3v) is 4.08. The maximum atomic E-state index is 5.55. The van der Waals surface area contributed by atoms with Crippen molar-refractivity contribution in [1.29, 1.82) is 0 Å². The third kappa shape index (κ3) is 5.30. The fraction of sp³-hybridized carbons (Fsp3) is 1.00. The second-order valence-electron chi connectivity index (χ2n) is 2.98. The van der Waals surface area contributed by atoms with Crippen molar-refractivity contribution in [3.05, 3.63) is 0 Å². The normalized spacial score (nSPS) is 16.4. The van der Waals surface area contributed by atoms with Crippen LogP contribution >= 0.6 is 12.6 Å². The lowest BCUT2D eigenvalue weighted by atomic mass is 10.3. The van der Waals surface area contributed by atoms with Crippen molar-refractivity contribution < 1.29 is 22.4 Å². The Bertz CT molecular complexity index is 157. The smallest absolute Gasteiger partial charge is 0.357 e. The van der Waals surface area contributed by atoms with Gasteiger partial charge in [-0.05, 0) is 0 Å². The molecule has 2 unspecified atom stereocenters. The van der Waals surface area contributed by atoms with Gasteiger partial charge in [-0.1, -0.05) is 6.92 Å². The van der Waals surface area contributed by atoms with Crippen molar-refractivity contribution in [2.75, 3.05) is 28.4 Å². The molecule has 92 valence electrons. The van der Waals surface area contributed by atoms with Gasteiger partial charge in [0.25, 0.3) is 0 Å². The highest BCUT2D eigenvalue weighted by Crippen LogP contribution is 2.16. The van der Waals surface area contributed by atoms with Crippen molar-refractivity contribution in [3.63, 3.8) is 0 Å². The zero-order valence-corrected chi connectivity index (χ0v) is 11.7. The molecule has 0 spiro atoms. The molecular weight excluding hydrogens is 236 g/mol. The van der Waals surface area contributed by atoms with Gasteiger partial charge >= 0.3 is 9.05 Å². The summed E-state index contributed by atoms with van der Waals surface area (Å²) in [5, 5.41) is 0.159. The number of ether oxygens (including phenoxy) is 1. The lowest BCUT2D eigenvalue weighted by molar-refractivity contribution is -0.126. The molecule has 0 bridgehead atoms. The number of thiol groups is 1. The average Bonchev–Trinajstić information content (AvgIpc) is 2.24. The van der Waals surface area contributed by atoms with E-state index in [1.165, 1.54) is 21.3 Å². The van der Waals surface area contributed by atoms with Crippen molar-refractivity contribution >= 4 is 21.7 Å². The molecule has 0 aromatic carbocycles. The molecule has 0 aliphatic rings. The summed E-state index contributed by atoms with van der Waals surface area (Å²) in [6.07, 6.45) is 0.189. The Labute approximate surface area is 97.9 Å². The summed E-state index contributed by atoms with van der Waals surface area (Å²) >= 11 is 4.26. The zero-order valence-electron chi connectivity index (χ0n) is 9.85. The minimum absolute atomic E-state index is 0.159. The van der Waals surface area contributed by atoms with Crippen LogP contribution in [-0.2, 0) is 22.4 Å². The van der Waals surface area contributed by atoms with Gasteiger partial charge < -0.3 is 22.4 Å². The molecule has 5 nitrogen and oxygen atoms in total. The first-order valence-electron chi connectivity index (χ1n) is 4.57. The number of hydrogen-bond acceptors (Lipinski definition) is 6. The summed E-state index contributed by atoms with van der Waals surface area (Å²) in [4.78, 5) is 0. The van der Waals surface area contributed by atoms with E-state index in [4.69, 9.17) is 22.4 Å². The van der Waals surface area contributed by atoms with E-state index in [1.807, 2.05) is 6.92 Å². The Morgan fingerprint density at radius 2 is 1.53 bits per heavy atom. The molecule has 0 saturated heterocycles. The molecule has 0 amide bonds. The van der Waals surface area contributed by atoms with Crippen molar-refractivity contribution in [2.24, 2.45) is 0 Å². The van der Waals surface area contributed by atoms with Crippen molar-refractivity contribution in [1.82, 2.24) is 0 Å². The van der Waals surface area contributed by atoms with Crippen LogP contribution in [0.1, 0.15) is 13.3 Å². The van der Waals surface area contributed by atoms with E-state index in [2.05, 4.69) is 12.6 Å². The lowest BCUT2D eigenvalue weighted by Crippen LogP contribution is -2.49. The molecule has 0 rings (SSSR count). The fourth-order valence-corrected chi connectivity index (χ4v) is 2.50. The van der Waals surface area contributed by atoms with E-state index in [9.17, 15) is 0 Å². The van der Waals surface area contributed by atoms with Crippen LogP contribution in [0, 0.1) is 0 Å². The second kappa shape index (κ2) is 7.61. The van der Waals surface area contributed by atoms with Crippen LogP contribution in [0.3, 0.4) is 0 Å². The van der Waals surface area contributed by atoms with Crippen LogP contribution in [0.25, 0.3) is 0 Å². The summed E-state index contributed by atoms with van der Waals surface area (Å²) in [5.74, 6) is 0. The molecule has 0 aromatic heterocycles. The Hall–Kier alpha value is 0.367. The molecule has 0 aliphatic carbocycles. The first-order valence-corrected chi connectivity index (χ1v) is 6.72. The van der Waals surface area contributed by atoms with E-state index in [0.29, 0.717) is 6.42 Å². The molecule has 0 N–H and O–H groups in total. The van der Waals surface area contributed by atoms with Crippen LogP contribution in [-0.4, -0.2) is 49.0 Å². The monoisotopic (exact) mass is 256 g/mol. The predicted molar refractivity (Wildman–Crippen MR) is 61.7 cm³/mol. The van der Waals surface area contributed by atoms with Crippen LogP contribution < -0.4 is 0 Å². The fourth-order valence-electron chi connectivity index (χ4n) is 1.03. The zero-order chi connectivity index (χ0) is 11.9. The molecular formula is C8H20O5SSi. The topological polar surface area (TPSA) is 46.2 Å². The van der Waals surface area contributed by atoms with E-state index in [0.717, 1.165) is 0 Å². The van der Waals surface area contributed by atoms with Gasteiger partial charge in [-0.2, -0.15) is 12.6 Å². The van der Waals surface area contributed by atoms with Crippen molar-refractivity contribution in [2.45, 2.75) is 24.9 Å². The summed E-state index contributed by atoms with van der Waals surface area (Å²) in [7, 11) is 2.98. The van der Waals surface area contributed by atoms with Crippen LogP contribution in [0.15, 0.2) is 0 Å². The minimum Gasteiger partial charge on any atom is -0.357 e. The highest BCUT2D eigenvalue weighted by molar-refractivity contribution is 7.80. The van der Waals surface area contributed by atoms with Crippen LogP contribution in [0.2, 0.25) is 0 Å². The Balaban J connectivity index is 4.34. The SMILES string of the molecule is COC(CC(C)S)O[Si](OC)(OC)OC. The third-order valence-electron chi connectivity index (χ3n) is 1.82. The van der Waals surface area contributed by atoms with Gasteiger partial charge in [0, 0.05) is 40.1 Å². The standard InChI is InChI=1S/C8H20O5SSi/c1-7(14)6-8(9-2)13-15(10-3,11-4)12-5/h7-8,14H,6H2,1-5H3. The predicted octanol–water partition coefficient (Wildman–Crippen LogP) is 1.06. The van der Waals surface area contributed by atoms with Crippen molar-refractivity contribution in [3.8, 4) is 0 Å². The summed E-state index contributed by atoms with van der Waals surface area (Å²) < 4.78 is 26.0. The molecule has 0 radical (unpaired) electrons. The Kier molecular flexibility index (Phi) is 7.80. The minimum atomic E-state index is -3.03. The van der Waals surface area contributed by atoms with Gasteiger partial charge in [0.1, 0.15) is 0 Å². The van der Waals surface area contributed by atoms with E-state index in [1.54, 1.807) is 7.11 Å². The highest BCUT2D eigenvalue weighted by atomic mass is 32.1. The summed E-state index contributed by atoms with van der Waals surface area (Å²) in [6.45, 7) is 1.95. The van der Waals surface area contributed by atoms with Crippen LogP contribution in [0.4, 0.5) is 0 Å². The maximum absolute atomic E-state index is 5.55. The molecule has 2 atom stereocenters. The van der Waals surface area contributed by atoms with Crippen LogP contribution in [0.5, 0.6) is 0 Å². The molecule has 15 heavy (non-hydrogen) atoms. The molecule has 0 heterocycles. The summed E-state index contributed by atoms with van der Waals surface area (Å²) in [6, 6.07) is 0. The Morgan fingerprint density at radius 3 is 1.80 bits per heavy atom. The van der Waals surface area contributed by atoms with E-state index >= 15 is 0 Å². The molecule has 0 aromatic rings. The second-order valence-corrected chi connectivity index (χ2v) is 6.32. The van der Waals surface area contributed by atoms with E-state index < -0.39 is 15.3 Å². The van der Waals surface area contributed by atoms with Gasteiger partial charge in [0.05, 0.1) is 0 Å². The quantitative estimate of drug-likeness (QED) is 0.400. The number of hydrogen-bond donors (Lipinski definition) is 1. The first-order chi connectivity index (χ1) is 7.03. The first kappa shape index (κ1) is 15.4. The molecule has 0 fully saturated rings. The van der Waals surface area contributed by atoms with Gasteiger partial charge in [0.2, 0.25) is 0 Å². The average molecular weight is 256 g/mol. The molecule has 7 heteroatoms.